The lowest BCUT2D eigenvalue weighted by molar-refractivity contribution is 1.07. The van der Waals surface area contributed by atoms with Gasteiger partial charge in [0.15, 0.2) is 17.5 Å². The normalized spacial score (nSPS) is 11.6. The molecular weight excluding hydrogens is 687 g/mol. The molecular formula is C51H31N3S. The average molecular weight is 718 g/mol. The van der Waals surface area contributed by atoms with Gasteiger partial charge in [-0.2, -0.15) is 0 Å². The number of thiophene rings is 1. The summed E-state index contributed by atoms with van der Waals surface area (Å²) < 4.78 is 2.52. The van der Waals surface area contributed by atoms with Gasteiger partial charge >= 0.3 is 0 Å². The van der Waals surface area contributed by atoms with Crippen LogP contribution in [-0.2, 0) is 0 Å². The quantitative estimate of drug-likeness (QED) is 0.131. The maximum Gasteiger partial charge on any atom is 0.164 e. The number of aromatic nitrogens is 3. The van der Waals surface area contributed by atoms with Gasteiger partial charge in [-0.3, -0.25) is 0 Å². The molecule has 0 saturated heterocycles. The van der Waals surface area contributed by atoms with E-state index in [0.717, 1.165) is 33.4 Å². The van der Waals surface area contributed by atoms with Gasteiger partial charge in [0.2, 0.25) is 0 Å². The Morgan fingerprint density at radius 3 is 1.67 bits per heavy atom. The van der Waals surface area contributed by atoms with Crippen molar-refractivity contribution in [1.29, 1.82) is 0 Å². The first-order chi connectivity index (χ1) is 27.2. The Morgan fingerprint density at radius 1 is 0.273 bits per heavy atom. The van der Waals surface area contributed by atoms with Crippen molar-refractivity contribution < 1.29 is 0 Å². The highest BCUT2D eigenvalue weighted by atomic mass is 32.1. The molecule has 256 valence electrons. The fourth-order valence-electron chi connectivity index (χ4n) is 8.01. The number of nitrogens with zero attached hydrogens (tertiary/aromatic N) is 3. The van der Waals surface area contributed by atoms with Crippen molar-refractivity contribution in [3.8, 4) is 56.4 Å². The molecule has 0 aliphatic rings. The molecule has 4 heteroatoms. The first-order valence-corrected chi connectivity index (χ1v) is 19.3. The zero-order valence-corrected chi connectivity index (χ0v) is 30.5. The van der Waals surface area contributed by atoms with Crippen LogP contribution in [-0.4, -0.2) is 15.0 Å². The lowest BCUT2D eigenvalue weighted by Gasteiger charge is -2.14. The Labute approximate surface area is 321 Å². The summed E-state index contributed by atoms with van der Waals surface area (Å²) >= 11 is 1.81. The zero-order valence-electron chi connectivity index (χ0n) is 29.6. The van der Waals surface area contributed by atoms with Crippen LogP contribution >= 0.6 is 11.3 Å². The molecule has 3 nitrogen and oxygen atoms in total. The second kappa shape index (κ2) is 12.8. The van der Waals surface area contributed by atoms with Gasteiger partial charge in [0.1, 0.15) is 0 Å². The summed E-state index contributed by atoms with van der Waals surface area (Å²) in [7, 11) is 0. The van der Waals surface area contributed by atoms with Gasteiger partial charge in [-0.1, -0.05) is 152 Å². The van der Waals surface area contributed by atoms with Crippen molar-refractivity contribution in [3.63, 3.8) is 0 Å². The van der Waals surface area contributed by atoms with Gasteiger partial charge in [-0.15, -0.1) is 11.3 Å². The van der Waals surface area contributed by atoms with E-state index in [4.69, 9.17) is 15.0 Å². The van der Waals surface area contributed by atoms with Crippen LogP contribution in [0.1, 0.15) is 0 Å². The van der Waals surface area contributed by atoms with E-state index in [1.807, 2.05) is 17.4 Å². The first kappa shape index (κ1) is 31.5. The molecule has 0 spiro atoms. The molecule has 55 heavy (non-hydrogen) atoms. The summed E-state index contributed by atoms with van der Waals surface area (Å²) in [4.78, 5) is 15.5. The SMILES string of the molecule is c1ccc(-c2cccc(-c3nc(-c4ccc(-c5c6ccccc6cc6c5ccc5ccccc56)cc4)nc(-c4ccc5sc6ccccc6c5c4)n3)c2)cc1. The maximum atomic E-state index is 5.17. The third-order valence-electron chi connectivity index (χ3n) is 10.7. The van der Waals surface area contributed by atoms with Crippen LogP contribution in [0.15, 0.2) is 188 Å². The topological polar surface area (TPSA) is 38.7 Å². The largest absolute Gasteiger partial charge is 0.208 e. The van der Waals surface area contributed by atoms with Gasteiger partial charge in [0, 0.05) is 36.9 Å². The predicted molar refractivity (Wildman–Crippen MR) is 232 cm³/mol. The molecule has 0 aliphatic heterocycles. The molecule has 11 rings (SSSR count). The molecule has 0 unspecified atom stereocenters. The first-order valence-electron chi connectivity index (χ1n) is 18.5. The van der Waals surface area contributed by atoms with E-state index in [2.05, 4.69) is 182 Å². The highest BCUT2D eigenvalue weighted by Crippen LogP contribution is 2.40. The average Bonchev–Trinajstić information content (AvgIpc) is 3.64. The summed E-state index contributed by atoms with van der Waals surface area (Å²) in [6.07, 6.45) is 0. The summed E-state index contributed by atoms with van der Waals surface area (Å²) in [5.74, 6) is 1.93. The molecule has 11 aromatic rings. The van der Waals surface area contributed by atoms with E-state index in [-0.39, 0.29) is 0 Å². The van der Waals surface area contributed by atoms with Gasteiger partial charge < -0.3 is 0 Å². The summed E-state index contributed by atoms with van der Waals surface area (Å²) in [5, 5.41) is 9.93. The monoisotopic (exact) mass is 717 g/mol. The van der Waals surface area contributed by atoms with E-state index >= 15 is 0 Å². The lowest BCUT2D eigenvalue weighted by atomic mass is 9.89. The lowest BCUT2D eigenvalue weighted by Crippen LogP contribution is -2.00. The van der Waals surface area contributed by atoms with Crippen molar-refractivity contribution in [1.82, 2.24) is 15.0 Å². The molecule has 2 heterocycles. The molecule has 0 atom stereocenters. The van der Waals surface area contributed by atoms with Crippen molar-refractivity contribution >= 4 is 63.8 Å². The fraction of sp³-hybridized carbons (Fsp3) is 0. The van der Waals surface area contributed by atoms with E-state index in [0.29, 0.717) is 17.5 Å². The van der Waals surface area contributed by atoms with Gasteiger partial charge in [0.25, 0.3) is 0 Å². The summed E-state index contributed by atoms with van der Waals surface area (Å²) in [6.45, 7) is 0. The minimum absolute atomic E-state index is 0.640. The zero-order chi connectivity index (χ0) is 36.3. The second-order valence-corrected chi connectivity index (χ2v) is 15.1. The smallest absolute Gasteiger partial charge is 0.164 e. The van der Waals surface area contributed by atoms with Crippen LogP contribution < -0.4 is 0 Å². The van der Waals surface area contributed by atoms with Gasteiger partial charge in [0.05, 0.1) is 0 Å². The minimum atomic E-state index is 0.640. The maximum absolute atomic E-state index is 5.17. The highest BCUT2D eigenvalue weighted by molar-refractivity contribution is 7.25. The minimum Gasteiger partial charge on any atom is -0.208 e. The number of rotatable bonds is 5. The Morgan fingerprint density at radius 2 is 0.855 bits per heavy atom. The number of hydrogen-bond donors (Lipinski definition) is 0. The van der Waals surface area contributed by atoms with Crippen LogP contribution in [0.3, 0.4) is 0 Å². The third-order valence-corrected chi connectivity index (χ3v) is 11.9. The number of fused-ring (bicyclic) bond motifs is 7. The number of benzene rings is 9. The molecule has 0 bridgehead atoms. The Bertz CT molecular complexity index is 3260. The van der Waals surface area contributed by atoms with Crippen molar-refractivity contribution in [3.05, 3.63) is 188 Å². The second-order valence-electron chi connectivity index (χ2n) is 14.0. The van der Waals surface area contributed by atoms with Gasteiger partial charge in [-0.05, 0) is 91.0 Å². The molecule has 9 aromatic carbocycles. The van der Waals surface area contributed by atoms with E-state index in [1.165, 1.54) is 58.1 Å². The van der Waals surface area contributed by atoms with Crippen LogP contribution in [0.5, 0.6) is 0 Å². The van der Waals surface area contributed by atoms with Crippen molar-refractivity contribution in [2.24, 2.45) is 0 Å². The van der Waals surface area contributed by atoms with E-state index in [1.54, 1.807) is 0 Å². The van der Waals surface area contributed by atoms with Crippen LogP contribution in [0.2, 0.25) is 0 Å². The number of hydrogen-bond acceptors (Lipinski definition) is 4. The Kier molecular flexibility index (Phi) is 7.35. The van der Waals surface area contributed by atoms with E-state index < -0.39 is 0 Å². The third kappa shape index (κ3) is 5.46. The molecule has 0 saturated carbocycles. The standard InChI is InChI=1S/C51H31N3S/c1-2-11-32(12-3-1)36-15-10-16-38(29-36)50-52-49(53-51(54-50)39-26-28-47-45(31-39)42-19-8-9-20-46(42)55-47)35-23-21-34(22-24-35)48-41-18-7-5-14-37(41)30-44-40-17-6-4-13-33(40)25-27-43(44)48/h1-31H. The molecule has 0 aliphatic carbocycles. The van der Waals surface area contributed by atoms with Crippen molar-refractivity contribution in [2.75, 3.05) is 0 Å². The molecule has 0 radical (unpaired) electrons. The van der Waals surface area contributed by atoms with Crippen LogP contribution in [0, 0.1) is 0 Å². The summed E-state index contributed by atoms with van der Waals surface area (Å²) in [6, 6.07) is 67.0. The fourth-order valence-corrected chi connectivity index (χ4v) is 9.10. The van der Waals surface area contributed by atoms with Crippen LogP contribution in [0.4, 0.5) is 0 Å². The molecule has 0 fully saturated rings. The highest BCUT2D eigenvalue weighted by Gasteiger charge is 2.17. The Balaban J connectivity index is 1.08. The van der Waals surface area contributed by atoms with Crippen LogP contribution in [0.25, 0.3) is 109 Å². The van der Waals surface area contributed by atoms with E-state index in [9.17, 15) is 0 Å². The molecule has 0 N–H and O–H groups in total. The Hall–Kier alpha value is -7.01. The molecule has 2 aromatic heterocycles. The van der Waals surface area contributed by atoms with Gasteiger partial charge in [-0.25, -0.2) is 15.0 Å². The van der Waals surface area contributed by atoms with Crippen molar-refractivity contribution in [2.45, 2.75) is 0 Å². The summed E-state index contributed by atoms with van der Waals surface area (Å²) in [5.41, 5.74) is 7.50. The molecule has 0 amide bonds. The predicted octanol–water partition coefficient (Wildman–Crippen LogP) is 14.0.